The van der Waals surface area contributed by atoms with Gasteiger partial charge in [0.2, 0.25) is 5.91 Å². The van der Waals surface area contributed by atoms with Crippen molar-refractivity contribution in [2.75, 3.05) is 13.7 Å². The Bertz CT molecular complexity index is 625. The Labute approximate surface area is 130 Å². The molecule has 2 aromatic carbocycles. The molecule has 0 aromatic heterocycles. The highest BCUT2D eigenvalue weighted by molar-refractivity contribution is 5.76. The number of methoxy groups -OCH3 is 1. The Morgan fingerprint density at radius 1 is 1.05 bits per heavy atom. The summed E-state index contributed by atoms with van der Waals surface area (Å²) in [4.78, 5) is 11.9. The molecule has 0 heterocycles. The summed E-state index contributed by atoms with van der Waals surface area (Å²) in [5.74, 6) is 1.08. The Morgan fingerprint density at radius 2 is 1.73 bits per heavy atom. The van der Waals surface area contributed by atoms with Crippen molar-refractivity contribution in [2.45, 2.75) is 19.3 Å². The van der Waals surface area contributed by atoms with Gasteiger partial charge in [0, 0.05) is 13.0 Å². The molecule has 0 spiro atoms. The molecule has 0 aliphatic carbocycles. The second-order valence-corrected chi connectivity index (χ2v) is 5.04. The maximum absolute atomic E-state index is 11.9. The van der Waals surface area contributed by atoms with Gasteiger partial charge in [0.25, 0.3) is 0 Å². The lowest BCUT2D eigenvalue weighted by Crippen LogP contribution is -2.25. The van der Waals surface area contributed by atoms with Gasteiger partial charge in [0.05, 0.1) is 7.11 Å². The van der Waals surface area contributed by atoms with Gasteiger partial charge in [-0.25, -0.2) is 0 Å². The molecule has 0 fully saturated rings. The van der Waals surface area contributed by atoms with Crippen LogP contribution in [0.1, 0.15) is 17.5 Å². The number of hydrogen-bond donors (Lipinski definition) is 2. The molecular formula is C18H21NO3. The highest BCUT2D eigenvalue weighted by atomic mass is 16.5. The third-order valence-corrected chi connectivity index (χ3v) is 3.52. The molecule has 4 nitrogen and oxygen atoms in total. The lowest BCUT2D eigenvalue weighted by atomic mass is 10.1. The Morgan fingerprint density at radius 3 is 2.45 bits per heavy atom. The number of hydrogen-bond acceptors (Lipinski definition) is 3. The maximum Gasteiger partial charge on any atom is 0.220 e. The second-order valence-electron chi connectivity index (χ2n) is 5.04. The van der Waals surface area contributed by atoms with Crippen molar-refractivity contribution in [3.05, 3.63) is 59.7 Å². The number of para-hydroxylation sites is 2. The van der Waals surface area contributed by atoms with Crippen LogP contribution in [0.15, 0.2) is 48.5 Å². The van der Waals surface area contributed by atoms with Crippen molar-refractivity contribution in [3.8, 4) is 11.5 Å². The van der Waals surface area contributed by atoms with Gasteiger partial charge < -0.3 is 15.2 Å². The van der Waals surface area contributed by atoms with Crippen LogP contribution in [-0.4, -0.2) is 24.7 Å². The lowest BCUT2D eigenvalue weighted by molar-refractivity contribution is -0.121. The zero-order chi connectivity index (χ0) is 15.8. The van der Waals surface area contributed by atoms with Crippen LogP contribution in [0.3, 0.4) is 0 Å². The summed E-state index contributed by atoms with van der Waals surface area (Å²) in [7, 11) is 1.63. The molecule has 2 rings (SSSR count). The fourth-order valence-corrected chi connectivity index (χ4v) is 2.30. The molecule has 0 aliphatic rings. The van der Waals surface area contributed by atoms with Crippen LogP contribution in [0.2, 0.25) is 0 Å². The summed E-state index contributed by atoms with van der Waals surface area (Å²) in [6.45, 7) is 0.516. The van der Waals surface area contributed by atoms with Crippen molar-refractivity contribution in [1.82, 2.24) is 5.32 Å². The summed E-state index contributed by atoms with van der Waals surface area (Å²) in [5.41, 5.74) is 1.87. The van der Waals surface area contributed by atoms with E-state index >= 15 is 0 Å². The zero-order valence-electron chi connectivity index (χ0n) is 12.7. The Kier molecular flexibility index (Phi) is 5.83. The van der Waals surface area contributed by atoms with E-state index in [-0.39, 0.29) is 11.7 Å². The summed E-state index contributed by atoms with van der Waals surface area (Å²) < 4.78 is 5.27. The number of benzene rings is 2. The topological polar surface area (TPSA) is 58.6 Å². The molecule has 1 amide bonds. The summed E-state index contributed by atoms with van der Waals surface area (Å²) in [6, 6.07) is 14.9. The van der Waals surface area contributed by atoms with E-state index in [0.29, 0.717) is 25.8 Å². The lowest BCUT2D eigenvalue weighted by Gasteiger charge is -2.09. The van der Waals surface area contributed by atoms with Crippen LogP contribution in [0.5, 0.6) is 11.5 Å². The monoisotopic (exact) mass is 299 g/mol. The van der Waals surface area contributed by atoms with Crippen LogP contribution in [0.4, 0.5) is 0 Å². The molecule has 0 saturated carbocycles. The number of aromatic hydroxyl groups is 1. The molecule has 2 aromatic rings. The molecule has 0 aliphatic heterocycles. The first kappa shape index (κ1) is 15.9. The van der Waals surface area contributed by atoms with Crippen molar-refractivity contribution in [1.29, 1.82) is 0 Å². The van der Waals surface area contributed by atoms with Crippen LogP contribution in [-0.2, 0) is 17.6 Å². The Balaban J connectivity index is 1.75. The molecule has 116 valence electrons. The number of rotatable bonds is 7. The highest BCUT2D eigenvalue weighted by Gasteiger charge is 2.06. The quantitative estimate of drug-likeness (QED) is 0.826. The van der Waals surface area contributed by atoms with Crippen LogP contribution in [0.25, 0.3) is 0 Å². The standard InChI is InChI=1S/C18H21NO3/c1-22-17-9-5-3-7-15(17)10-11-18(21)19-13-12-14-6-2-4-8-16(14)20/h2-9,20H,10-13H2,1H3,(H,19,21). The third kappa shape index (κ3) is 4.52. The number of aryl methyl sites for hydroxylation is 1. The maximum atomic E-state index is 11.9. The Hall–Kier alpha value is -2.49. The molecule has 22 heavy (non-hydrogen) atoms. The summed E-state index contributed by atoms with van der Waals surface area (Å²) in [5, 5.41) is 12.5. The molecule has 2 N–H and O–H groups in total. The van der Waals surface area contributed by atoms with E-state index in [4.69, 9.17) is 4.74 Å². The zero-order valence-corrected chi connectivity index (χ0v) is 12.7. The van der Waals surface area contributed by atoms with Gasteiger partial charge in [-0.15, -0.1) is 0 Å². The van der Waals surface area contributed by atoms with Gasteiger partial charge in [-0.1, -0.05) is 36.4 Å². The minimum absolute atomic E-state index is 0.00123. The van der Waals surface area contributed by atoms with E-state index in [9.17, 15) is 9.90 Å². The molecule has 0 unspecified atom stereocenters. The largest absolute Gasteiger partial charge is 0.508 e. The molecular weight excluding hydrogens is 278 g/mol. The number of carbonyl (C=O) groups is 1. The van der Waals surface area contributed by atoms with Gasteiger partial charge in [-0.05, 0) is 36.1 Å². The van der Waals surface area contributed by atoms with Gasteiger partial charge in [-0.2, -0.15) is 0 Å². The van der Waals surface area contributed by atoms with Gasteiger partial charge in [0.15, 0.2) is 0 Å². The van der Waals surface area contributed by atoms with Gasteiger partial charge in [0.1, 0.15) is 11.5 Å². The first-order valence-electron chi connectivity index (χ1n) is 7.36. The summed E-state index contributed by atoms with van der Waals surface area (Å²) >= 11 is 0. The number of phenols is 1. The van der Waals surface area contributed by atoms with E-state index in [1.807, 2.05) is 36.4 Å². The molecule has 0 bridgehead atoms. The van der Waals surface area contributed by atoms with Crippen molar-refractivity contribution in [3.63, 3.8) is 0 Å². The number of nitrogens with one attached hydrogen (secondary N) is 1. The summed E-state index contributed by atoms with van der Waals surface area (Å²) in [6.07, 6.45) is 1.68. The number of carbonyl (C=O) groups excluding carboxylic acids is 1. The molecule has 0 radical (unpaired) electrons. The smallest absolute Gasteiger partial charge is 0.220 e. The van der Waals surface area contributed by atoms with Gasteiger partial charge in [-0.3, -0.25) is 4.79 Å². The van der Waals surface area contributed by atoms with Gasteiger partial charge >= 0.3 is 0 Å². The fourth-order valence-electron chi connectivity index (χ4n) is 2.30. The molecule has 0 saturated heterocycles. The fraction of sp³-hybridized carbons (Fsp3) is 0.278. The van der Waals surface area contributed by atoms with E-state index in [0.717, 1.165) is 16.9 Å². The minimum atomic E-state index is 0.00123. The average molecular weight is 299 g/mol. The predicted molar refractivity (Wildman–Crippen MR) is 86.1 cm³/mol. The predicted octanol–water partition coefficient (Wildman–Crippen LogP) is 2.69. The van der Waals surface area contributed by atoms with Crippen molar-refractivity contribution < 1.29 is 14.6 Å². The minimum Gasteiger partial charge on any atom is -0.508 e. The van der Waals surface area contributed by atoms with E-state index in [1.165, 1.54) is 0 Å². The van der Waals surface area contributed by atoms with Crippen LogP contribution < -0.4 is 10.1 Å². The number of phenolic OH excluding ortho intramolecular Hbond substituents is 1. The van der Waals surface area contributed by atoms with Crippen LogP contribution in [0, 0.1) is 0 Å². The van der Waals surface area contributed by atoms with E-state index in [1.54, 1.807) is 19.2 Å². The normalized spacial score (nSPS) is 10.2. The second kappa shape index (κ2) is 8.08. The van der Waals surface area contributed by atoms with E-state index < -0.39 is 0 Å². The third-order valence-electron chi connectivity index (χ3n) is 3.52. The first-order valence-corrected chi connectivity index (χ1v) is 7.36. The molecule has 0 atom stereocenters. The highest BCUT2D eigenvalue weighted by Crippen LogP contribution is 2.19. The van der Waals surface area contributed by atoms with E-state index in [2.05, 4.69) is 5.32 Å². The first-order chi connectivity index (χ1) is 10.7. The van der Waals surface area contributed by atoms with Crippen molar-refractivity contribution in [2.24, 2.45) is 0 Å². The van der Waals surface area contributed by atoms with Crippen LogP contribution >= 0.6 is 0 Å². The molecule has 4 heteroatoms. The van der Waals surface area contributed by atoms with Crippen molar-refractivity contribution >= 4 is 5.91 Å². The number of amides is 1. The SMILES string of the molecule is COc1ccccc1CCC(=O)NCCc1ccccc1O. The average Bonchev–Trinajstić information content (AvgIpc) is 2.55. The number of ether oxygens (including phenoxy) is 1.